The first-order valence-corrected chi connectivity index (χ1v) is 9.38. The minimum atomic E-state index is -0.293. The zero-order valence-corrected chi connectivity index (χ0v) is 15.3. The van der Waals surface area contributed by atoms with E-state index in [1.54, 1.807) is 18.8 Å². The van der Waals surface area contributed by atoms with E-state index in [9.17, 15) is 4.79 Å². The van der Waals surface area contributed by atoms with E-state index in [0.717, 1.165) is 21.7 Å². The van der Waals surface area contributed by atoms with Crippen LogP contribution in [0.5, 0.6) is 5.75 Å². The highest BCUT2D eigenvalue weighted by atomic mass is 32.1. The Balaban J connectivity index is 1.43. The van der Waals surface area contributed by atoms with E-state index in [-0.39, 0.29) is 5.91 Å². The topological polar surface area (TPSA) is 89.3 Å². The number of hydrogen-bond acceptors (Lipinski definition) is 8. The molecule has 2 N–H and O–H groups in total. The molecule has 132 valence electrons. The molecule has 3 aromatic heterocycles. The van der Waals surface area contributed by atoms with Crippen LogP contribution in [0.2, 0.25) is 0 Å². The first kappa shape index (κ1) is 16.6. The average Bonchev–Trinajstić information content (AvgIpc) is 3.38. The Morgan fingerprint density at radius 1 is 1.27 bits per heavy atom. The van der Waals surface area contributed by atoms with E-state index < -0.39 is 0 Å². The Labute approximate surface area is 156 Å². The van der Waals surface area contributed by atoms with Crippen LogP contribution in [-0.4, -0.2) is 23.0 Å². The van der Waals surface area contributed by atoms with Crippen LogP contribution >= 0.6 is 22.7 Å². The maximum Gasteiger partial charge on any atom is 0.276 e. The zero-order chi connectivity index (χ0) is 17.9. The third-order valence-corrected chi connectivity index (χ3v) is 5.28. The predicted molar refractivity (Wildman–Crippen MR) is 102 cm³/mol. The highest BCUT2D eigenvalue weighted by molar-refractivity contribution is 7.22. The molecule has 3 heterocycles. The summed E-state index contributed by atoms with van der Waals surface area (Å²) in [5.74, 6) is 1.26. The number of amides is 1. The van der Waals surface area contributed by atoms with Crippen molar-refractivity contribution >= 4 is 49.1 Å². The second-order valence-electron chi connectivity index (χ2n) is 5.28. The fourth-order valence-electron chi connectivity index (χ4n) is 2.28. The maximum absolute atomic E-state index is 12.4. The van der Waals surface area contributed by atoms with E-state index in [1.807, 2.05) is 30.3 Å². The number of benzene rings is 1. The van der Waals surface area contributed by atoms with Gasteiger partial charge in [-0.2, -0.15) is 0 Å². The van der Waals surface area contributed by atoms with Gasteiger partial charge in [-0.15, -0.1) is 11.3 Å². The Hall–Kier alpha value is -2.91. The van der Waals surface area contributed by atoms with Gasteiger partial charge >= 0.3 is 0 Å². The number of carbonyl (C=O) groups is 1. The number of nitrogens with one attached hydrogen (secondary N) is 2. The molecule has 26 heavy (non-hydrogen) atoms. The van der Waals surface area contributed by atoms with Gasteiger partial charge < -0.3 is 14.5 Å². The Kier molecular flexibility index (Phi) is 4.55. The molecule has 0 fully saturated rings. The molecule has 0 bridgehead atoms. The standard InChI is InChI=1S/C17H14N4O3S2/c1-23-10-4-5-12-14(7-10)26-17(19-12)21-15(22)13-9-25-16(20-13)18-8-11-3-2-6-24-11/h2-7,9H,8H2,1H3,(H,18,20)(H,19,21,22). The lowest BCUT2D eigenvalue weighted by molar-refractivity contribution is 0.102. The molecular formula is C17H14N4O3S2. The van der Waals surface area contributed by atoms with Crippen molar-refractivity contribution in [1.82, 2.24) is 9.97 Å². The van der Waals surface area contributed by atoms with Crippen molar-refractivity contribution in [2.45, 2.75) is 6.54 Å². The smallest absolute Gasteiger partial charge is 0.276 e. The van der Waals surface area contributed by atoms with E-state index >= 15 is 0 Å². The molecule has 9 heteroatoms. The molecule has 0 unspecified atom stereocenters. The third kappa shape index (κ3) is 3.53. The average molecular weight is 386 g/mol. The number of carbonyl (C=O) groups excluding carboxylic acids is 1. The highest BCUT2D eigenvalue weighted by Crippen LogP contribution is 2.29. The quantitative estimate of drug-likeness (QED) is 0.516. The van der Waals surface area contributed by atoms with Gasteiger partial charge in [-0.25, -0.2) is 9.97 Å². The minimum absolute atomic E-state index is 0.293. The number of anilines is 2. The van der Waals surface area contributed by atoms with Crippen molar-refractivity contribution in [1.29, 1.82) is 0 Å². The normalized spacial score (nSPS) is 10.8. The molecule has 0 spiro atoms. The van der Waals surface area contributed by atoms with Gasteiger partial charge in [0.25, 0.3) is 5.91 Å². The lowest BCUT2D eigenvalue weighted by Crippen LogP contribution is -2.12. The molecule has 0 saturated heterocycles. The molecular weight excluding hydrogens is 372 g/mol. The number of hydrogen-bond donors (Lipinski definition) is 2. The maximum atomic E-state index is 12.4. The summed E-state index contributed by atoms with van der Waals surface area (Å²) in [4.78, 5) is 21.1. The molecule has 4 aromatic rings. The second kappa shape index (κ2) is 7.14. The van der Waals surface area contributed by atoms with Gasteiger partial charge in [0.1, 0.15) is 17.2 Å². The van der Waals surface area contributed by atoms with Gasteiger partial charge in [-0.1, -0.05) is 11.3 Å². The van der Waals surface area contributed by atoms with Gasteiger partial charge in [0.2, 0.25) is 0 Å². The van der Waals surface area contributed by atoms with Crippen LogP contribution in [0.1, 0.15) is 16.2 Å². The van der Waals surface area contributed by atoms with Gasteiger partial charge in [0.05, 0.1) is 30.1 Å². The lowest BCUT2D eigenvalue weighted by atomic mass is 10.3. The van der Waals surface area contributed by atoms with Crippen molar-refractivity contribution in [3.8, 4) is 5.75 Å². The summed E-state index contributed by atoms with van der Waals surface area (Å²) in [6.45, 7) is 0.515. The van der Waals surface area contributed by atoms with Crippen LogP contribution in [0.4, 0.5) is 10.3 Å². The third-order valence-electron chi connectivity index (χ3n) is 3.55. The zero-order valence-electron chi connectivity index (χ0n) is 13.7. The molecule has 0 atom stereocenters. The molecule has 0 aliphatic carbocycles. The summed E-state index contributed by atoms with van der Waals surface area (Å²) in [5, 5.41) is 8.80. The van der Waals surface area contributed by atoms with Crippen LogP contribution in [0.15, 0.2) is 46.4 Å². The van der Waals surface area contributed by atoms with Gasteiger partial charge in [0, 0.05) is 5.38 Å². The summed E-state index contributed by atoms with van der Waals surface area (Å²) in [6, 6.07) is 9.29. The first-order valence-electron chi connectivity index (χ1n) is 7.69. The predicted octanol–water partition coefficient (Wildman–Crippen LogP) is 4.22. The van der Waals surface area contributed by atoms with Crippen molar-refractivity contribution in [2.24, 2.45) is 0 Å². The molecule has 0 saturated carbocycles. The van der Waals surface area contributed by atoms with Crippen molar-refractivity contribution < 1.29 is 13.9 Å². The Morgan fingerprint density at radius 2 is 2.19 bits per heavy atom. The lowest BCUT2D eigenvalue weighted by Gasteiger charge is -1.99. The van der Waals surface area contributed by atoms with Crippen LogP contribution in [0.25, 0.3) is 10.2 Å². The number of furan rings is 1. The number of aromatic nitrogens is 2. The molecule has 7 nitrogen and oxygen atoms in total. The Morgan fingerprint density at radius 3 is 3.00 bits per heavy atom. The molecule has 0 aliphatic heterocycles. The Bertz CT molecular complexity index is 1040. The molecule has 0 radical (unpaired) electrons. The van der Waals surface area contributed by atoms with Gasteiger partial charge in [0.15, 0.2) is 10.3 Å². The summed E-state index contributed by atoms with van der Waals surface area (Å²) in [5.41, 5.74) is 1.15. The van der Waals surface area contributed by atoms with Gasteiger partial charge in [-0.05, 0) is 30.3 Å². The SMILES string of the molecule is COc1ccc2nc(NC(=O)c3csc(NCc4ccco4)n3)sc2c1. The first-order chi connectivity index (χ1) is 12.7. The summed E-state index contributed by atoms with van der Waals surface area (Å²) < 4.78 is 11.4. The van der Waals surface area contributed by atoms with Crippen molar-refractivity contribution in [3.63, 3.8) is 0 Å². The number of methoxy groups -OCH3 is 1. The van der Waals surface area contributed by atoms with E-state index in [0.29, 0.717) is 22.5 Å². The van der Waals surface area contributed by atoms with Crippen molar-refractivity contribution in [2.75, 3.05) is 17.7 Å². The number of rotatable bonds is 6. The summed E-state index contributed by atoms with van der Waals surface area (Å²) >= 11 is 2.75. The van der Waals surface area contributed by atoms with Crippen LogP contribution in [0, 0.1) is 0 Å². The van der Waals surface area contributed by atoms with Crippen LogP contribution in [-0.2, 0) is 6.54 Å². The van der Waals surface area contributed by atoms with E-state index in [1.165, 1.54) is 22.7 Å². The molecule has 1 aromatic carbocycles. The van der Waals surface area contributed by atoms with Crippen LogP contribution < -0.4 is 15.4 Å². The number of nitrogens with zero attached hydrogens (tertiary/aromatic N) is 2. The number of ether oxygens (including phenoxy) is 1. The van der Waals surface area contributed by atoms with E-state index in [2.05, 4.69) is 20.6 Å². The second-order valence-corrected chi connectivity index (χ2v) is 7.17. The van der Waals surface area contributed by atoms with Gasteiger partial charge in [-0.3, -0.25) is 10.1 Å². The fourth-order valence-corrected chi connectivity index (χ4v) is 3.86. The summed E-state index contributed by atoms with van der Waals surface area (Å²) in [6.07, 6.45) is 1.62. The summed E-state index contributed by atoms with van der Waals surface area (Å²) in [7, 11) is 1.62. The minimum Gasteiger partial charge on any atom is -0.497 e. The largest absolute Gasteiger partial charge is 0.497 e. The number of fused-ring (bicyclic) bond motifs is 1. The van der Waals surface area contributed by atoms with Crippen LogP contribution in [0.3, 0.4) is 0 Å². The molecule has 4 rings (SSSR count). The monoisotopic (exact) mass is 386 g/mol. The van der Waals surface area contributed by atoms with E-state index in [4.69, 9.17) is 9.15 Å². The highest BCUT2D eigenvalue weighted by Gasteiger charge is 2.14. The molecule has 1 amide bonds. The molecule has 0 aliphatic rings. The van der Waals surface area contributed by atoms with Crippen molar-refractivity contribution in [3.05, 3.63) is 53.4 Å². The fraction of sp³-hybridized carbons (Fsp3) is 0.118. The number of thiazole rings is 2.